The number of nitrogens with one attached hydrogen (secondary N) is 1. The molecule has 0 unspecified atom stereocenters. The van der Waals surface area contributed by atoms with Gasteiger partial charge < -0.3 is 15.5 Å². The third-order valence-electron chi connectivity index (χ3n) is 1.95. The molecule has 1 amide bonds. The van der Waals surface area contributed by atoms with E-state index in [4.69, 9.17) is 21.8 Å². The Labute approximate surface area is 102 Å². The molecule has 2 aromatic heterocycles. The van der Waals surface area contributed by atoms with Crippen LogP contribution in [0.3, 0.4) is 0 Å². The van der Waals surface area contributed by atoms with E-state index in [2.05, 4.69) is 15.3 Å². The number of furan rings is 1. The van der Waals surface area contributed by atoms with Crippen LogP contribution in [0.4, 0.5) is 5.82 Å². The second kappa shape index (κ2) is 4.94. The molecule has 0 spiro atoms. The Hall–Kier alpha value is -1.92. The van der Waals surface area contributed by atoms with Crippen LogP contribution in [0.2, 0.25) is 5.28 Å². The Morgan fingerprint density at radius 3 is 2.94 bits per heavy atom. The third kappa shape index (κ3) is 2.80. The van der Waals surface area contributed by atoms with Gasteiger partial charge in [0.15, 0.2) is 5.76 Å². The maximum atomic E-state index is 11.7. The molecule has 0 fully saturated rings. The average molecular weight is 253 g/mol. The molecule has 17 heavy (non-hydrogen) atoms. The predicted octanol–water partition coefficient (Wildman–Crippen LogP) is 1.43. The van der Waals surface area contributed by atoms with Crippen molar-refractivity contribution in [1.29, 1.82) is 0 Å². The summed E-state index contributed by atoms with van der Waals surface area (Å²) in [4.78, 5) is 19.2. The number of nitrogens with two attached hydrogens (primary N) is 1. The number of amides is 1. The highest BCUT2D eigenvalue weighted by atomic mass is 35.5. The van der Waals surface area contributed by atoms with Crippen molar-refractivity contribution in [1.82, 2.24) is 9.97 Å². The van der Waals surface area contributed by atoms with Crippen molar-refractivity contribution in [3.63, 3.8) is 0 Å². The Morgan fingerprint density at radius 1 is 1.47 bits per heavy atom. The standard InChI is InChI=1S/C10H9ClN4O2/c11-10-13-4-3-8(15-10)14-9(16)7-2-1-6(5-12)17-7/h1-4H,5,12H2,(H,13,14,15,16). The van der Waals surface area contributed by atoms with Crippen molar-refractivity contribution in [2.24, 2.45) is 5.73 Å². The monoisotopic (exact) mass is 252 g/mol. The smallest absolute Gasteiger partial charge is 0.292 e. The first-order valence-electron chi connectivity index (χ1n) is 4.77. The van der Waals surface area contributed by atoms with Crippen molar-refractivity contribution in [3.05, 3.63) is 41.2 Å². The van der Waals surface area contributed by atoms with Gasteiger partial charge in [0.1, 0.15) is 11.6 Å². The van der Waals surface area contributed by atoms with Crippen LogP contribution in [0.25, 0.3) is 0 Å². The van der Waals surface area contributed by atoms with Crippen molar-refractivity contribution in [2.45, 2.75) is 6.54 Å². The Balaban J connectivity index is 2.11. The minimum Gasteiger partial charge on any atom is -0.455 e. The first-order valence-corrected chi connectivity index (χ1v) is 5.15. The molecule has 2 rings (SSSR count). The fourth-order valence-corrected chi connectivity index (χ4v) is 1.34. The van der Waals surface area contributed by atoms with Crippen molar-refractivity contribution in [2.75, 3.05) is 5.32 Å². The third-order valence-corrected chi connectivity index (χ3v) is 2.14. The van der Waals surface area contributed by atoms with Crippen molar-refractivity contribution in [3.8, 4) is 0 Å². The van der Waals surface area contributed by atoms with Gasteiger partial charge in [0.25, 0.3) is 5.91 Å². The first kappa shape index (κ1) is 11.6. The fraction of sp³-hybridized carbons (Fsp3) is 0.100. The normalized spacial score (nSPS) is 10.2. The van der Waals surface area contributed by atoms with Gasteiger partial charge in [-0.25, -0.2) is 9.97 Å². The lowest BCUT2D eigenvalue weighted by molar-refractivity contribution is 0.0994. The van der Waals surface area contributed by atoms with Gasteiger partial charge in [-0.1, -0.05) is 0 Å². The molecule has 0 bridgehead atoms. The summed E-state index contributed by atoms with van der Waals surface area (Å²) in [7, 11) is 0. The summed E-state index contributed by atoms with van der Waals surface area (Å²) >= 11 is 5.59. The lowest BCUT2D eigenvalue weighted by Crippen LogP contribution is -2.12. The minimum absolute atomic E-state index is 0.0601. The van der Waals surface area contributed by atoms with E-state index in [0.717, 1.165) is 0 Å². The van der Waals surface area contributed by atoms with E-state index >= 15 is 0 Å². The largest absolute Gasteiger partial charge is 0.455 e. The Kier molecular flexibility index (Phi) is 3.36. The van der Waals surface area contributed by atoms with Crippen LogP contribution in [0.15, 0.2) is 28.8 Å². The lowest BCUT2D eigenvalue weighted by atomic mass is 10.4. The molecule has 0 saturated heterocycles. The summed E-state index contributed by atoms with van der Waals surface area (Å²) in [6.07, 6.45) is 1.44. The zero-order chi connectivity index (χ0) is 12.3. The molecule has 2 aromatic rings. The average Bonchev–Trinajstić information content (AvgIpc) is 2.77. The van der Waals surface area contributed by atoms with E-state index < -0.39 is 5.91 Å². The van der Waals surface area contributed by atoms with E-state index in [9.17, 15) is 4.79 Å². The predicted molar refractivity (Wildman–Crippen MR) is 61.6 cm³/mol. The number of rotatable bonds is 3. The molecule has 88 valence electrons. The van der Waals surface area contributed by atoms with Crippen LogP contribution in [0.5, 0.6) is 0 Å². The first-order chi connectivity index (χ1) is 8.19. The summed E-state index contributed by atoms with van der Waals surface area (Å²) < 4.78 is 5.18. The van der Waals surface area contributed by atoms with Crippen LogP contribution in [0.1, 0.15) is 16.3 Å². The quantitative estimate of drug-likeness (QED) is 0.806. The molecule has 6 nitrogen and oxygen atoms in total. The molecule has 3 N–H and O–H groups in total. The van der Waals surface area contributed by atoms with Gasteiger partial charge in [-0.3, -0.25) is 4.79 Å². The molecular weight excluding hydrogens is 244 g/mol. The number of nitrogens with zero attached hydrogens (tertiary/aromatic N) is 2. The highest BCUT2D eigenvalue weighted by Crippen LogP contribution is 2.11. The summed E-state index contributed by atoms with van der Waals surface area (Å²) in [6, 6.07) is 4.71. The molecule has 0 radical (unpaired) electrons. The topological polar surface area (TPSA) is 94.0 Å². The number of hydrogen-bond acceptors (Lipinski definition) is 5. The lowest BCUT2D eigenvalue weighted by Gasteiger charge is -2.01. The Bertz CT molecular complexity index is 541. The molecule has 0 aromatic carbocycles. The van der Waals surface area contributed by atoms with Crippen LogP contribution in [0, 0.1) is 0 Å². The number of carbonyl (C=O) groups excluding carboxylic acids is 1. The number of anilines is 1. The maximum absolute atomic E-state index is 11.7. The molecular formula is C10H9ClN4O2. The van der Waals surface area contributed by atoms with Crippen LogP contribution < -0.4 is 11.1 Å². The SMILES string of the molecule is NCc1ccc(C(=O)Nc2ccnc(Cl)n2)o1. The van der Waals surface area contributed by atoms with Crippen LogP contribution in [-0.4, -0.2) is 15.9 Å². The summed E-state index contributed by atoms with van der Waals surface area (Å²) in [5.41, 5.74) is 5.37. The van der Waals surface area contributed by atoms with Gasteiger partial charge in [-0.05, 0) is 29.8 Å². The van der Waals surface area contributed by atoms with Gasteiger partial charge in [0, 0.05) is 6.20 Å². The molecule has 7 heteroatoms. The molecule has 0 saturated carbocycles. The second-order valence-corrected chi connectivity index (χ2v) is 3.47. The van der Waals surface area contributed by atoms with Gasteiger partial charge in [0.05, 0.1) is 6.54 Å². The van der Waals surface area contributed by atoms with E-state index in [1.165, 1.54) is 12.3 Å². The molecule has 0 aliphatic rings. The number of carbonyl (C=O) groups is 1. The molecule has 0 aliphatic carbocycles. The molecule has 2 heterocycles. The van der Waals surface area contributed by atoms with Crippen LogP contribution in [-0.2, 0) is 6.54 Å². The number of aromatic nitrogens is 2. The van der Waals surface area contributed by atoms with Gasteiger partial charge >= 0.3 is 0 Å². The summed E-state index contributed by atoms with van der Waals surface area (Å²) in [6.45, 7) is 0.243. The number of halogens is 1. The second-order valence-electron chi connectivity index (χ2n) is 3.14. The van der Waals surface area contributed by atoms with Crippen LogP contribution >= 0.6 is 11.6 Å². The van der Waals surface area contributed by atoms with Crippen molar-refractivity contribution >= 4 is 23.3 Å². The van der Waals surface area contributed by atoms with Crippen molar-refractivity contribution < 1.29 is 9.21 Å². The highest BCUT2D eigenvalue weighted by molar-refractivity contribution is 6.28. The zero-order valence-corrected chi connectivity index (χ0v) is 9.44. The fourth-order valence-electron chi connectivity index (χ4n) is 1.19. The molecule has 0 atom stereocenters. The summed E-state index contributed by atoms with van der Waals surface area (Å²) in [5, 5.41) is 2.59. The van der Waals surface area contributed by atoms with E-state index in [1.807, 2.05) is 0 Å². The van der Waals surface area contributed by atoms with E-state index in [1.54, 1.807) is 12.1 Å². The Morgan fingerprint density at radius 2 is 2.29 bits per heavy atom. The number of hydrogen-bond donors (Lipinski definition) is 2. The molecule has 0 aliphatic heterocycles. The highest BCUT2D eigenvalue weighted by Gasteiger charge is 2.11. The summed E-state index contributed by atoms with van der Waals surface area (Å²) in [5.74, 6) is 0.594. The van der Waals surface area contributed by atoms with Gasteiger partial charge in [-0.2, -0.15) is 0 Å². The maximum Gasteiger partial charge on any atom is 0.292 e. The zero-order valence-electron chi connectivity index (χ0n) is 8.68. The van der Waals surface area contributed by atoms with Gasteiger partial charge in [0.2, 0.25) is 5.28 Å². The van der Waals surface area contributed by atoms with E-state index in [-0.39, 0.29) is 17.6 Å². The minimum atomic E-state index is -0.417. The van der Waals surface area contributed by atoms with Gasteiger partial charge in [-0.15, -0.1) is 0 Å². The van der Waals surface area contributed by atoms with E-state index in [0.29, 0.717) is 11.6 Å².